The maximum absolute atomic E-state index is 7.35. The Balaban J connectivity index is 0.000000554. The summed E-state index contributed by atoms with van der Waals surface area (Å²) in [5.74, 6) is 0. The van der Waals surface area contributed by atoms with Crippen molar-refractivity contribution in [1.82, 2.24) is 0 Å². The molecule has 46 heavy (non-hydrogen) atoms. The Morgan fingerprint density at radius 1 is 0.261 bits per heavy atom. The molecule has 2 saturated heterocycles. The van der Waals surface area contributed by atoms with Gasteiger partial charge >= 0.3 is 59.9 Å². The summed E-state index contributed by atoms with van der Waals surface area (Å²) in [5.41, 5.74) is 0. The highest BCUT2D eigenvalue weighted by molar-refractivity contribution is 6.95. The standard InChI is InChI=1S/C24H54O3Si3.C8H24O4Si4/c1-7-13-19-28(20-14-8-2)25-29(21-15-9-3,22-16-10-4)27-30(26-28,23-17-11-5)24-18-12-6;1-13(2)9-14(3,4)11-16(7,8)12-15(5,6)10-13/h7-24H2,1-6H3;1-8H3. The summed E-state index contributed by atoms with van der Waals surface area (Å²) in [6.45, 7) is 30.5. The molecule has 0 saturated carbocycles. The van der Waals surface area contributed by atoms with E-state index in [1.807, 2.05) is 0 Å². The van der Waals surface area contributed by atoms with Crippen molar-refractivity contribution in [1.29, 1.82) is 0 Å². The van der Waals surface area contributed by atoms with Gasteiger partial charge in [0.25, 0.3) is 0 Å². The van der Waals surface area contributed by atoms with Crippen molar-refractivity contribution in [2.45, 2.75) is 207 Å². The summed E-state index contributed by atoms with van der Waals surface area (Å²) in [6.07, 6.45) is 15.0. The second-order valence-corrected chi connectivity index (χ2v) is 41.0. The quantitative estimate of drug-likeness (QED) is 0.129. The van der Waals surface area contributed by atoms with Gasteiger partial charge in [-0.2, -0.15) is 0 Å². The second-order valence-electron chi connectivity index (χ2n) is 15.7. The lowest BCUT2D eigenvalue weighted by Crippen LogP contribution is -2.70. The van der Waals surface area contributed by atoms with E-state index < -0.39 is 59.9 Å². The Morgan fingerprint density at radius 2 is 0.413 bits per heavy atom. The van der Waals surface area contributed by atoms with Gasteiger partial charge in [0.15, 0.2) is 0 Å². The van der Waals surface area contributed by atoms with Crippen LogP contribution in [0.5, 0.6) is 0 Å². The minimum Gasteiger partial charge on any atom is -0.416 e. The third kappa shape index (κ3) is 16.5. The molecule has 2 heterocycles. The molecule has 0 unspecified atom stereocenters. The highest BCUT2D eigenvalue weighted by Gasteiger charge is 2.60. The molecule has 2 fully saturated rings. The Labute approximate surface area is 294 Å². The molecule has 276 valence electrons. The van der Waals surface area contributed by atoms with Gasteiger partial charge < -0.3 is 28.8 Å². The van der Waals surface area contributed by atoms with Crippen LogP contribution in [0.1, 0.15) is 119 Å². The van der Waals surface area contributed by atoms with E-state index in [9.17, 15) is 0 Å². The van der Waals surface area contributed by atoms with Crippen LogP contribution in [0.25, 0.3) is 0 Å². The summed E-state index contributed by atoms with van der Waals surface area (Å²) in [4.78, 5) is 0. The van der Waals surface area contributed by atoms with E-state index >= 15 is 0 Å². The van der Waals surface area contributed by atoms with Gasteiger partial charge in [-0.15, -0.1) is 0 Å². The fourth-order valence-electron chi connectivity index (χ4n) is 7.19. The molecule has 7 nitrogen and oxygen atoms in total. The highest BCUT2D eigenvalue weighted by atomic mass is 28.5. The van der Waals surface area contributed by atoms with E-state index in [0.717, 1.165) is 0 Å². The van der Waals surface area contributed by atoms with E-state index in [1.54, 1.807) is 0 Å². The van der Waals surface area contributed by atoms with Crippen molar-refractivity contribution in [3.8, 4) is 0 Å². The van der Waals surface area contributed by atoms with Gasteiger partial charge in [0, 0.05) is 0 Å². The predicted molar refractivity (Wildman–Crippen MR) is 213 cm³/mol. The first-order chi connectivity index (χ1) is 21.3. The number of hydrogen-bond donors (Lipinski definition) is 0. The molecule has 0 aromatic carbocycles. The molecule has 2 rings (SSSR count). The molecule has 0 atom stereocenters. The number of unbranched alkanes of at least 4 members (excludes halogenated alkanes) is 6. The van der Waals surface area contributed by atoms with Crippen molar-refractivity contribution >= 4 is 59.9 Å². The van der Waals surface area contributed by atoms with E-state index in [0.29, 0.717) is 0 Å². The lowest BCUT2D eigenvalue weighted by Gasteiger charge is -2.54. The summed E-state index contributed by atoms with van der Waals surface area (Å²) < 4.78 is 46.7. The third-order valence-corrected chi connectivity index (χ3v) is 39.9. The minimum atomic E-state index is -2.20. The molecule has 0 N–H and O–H groups in total. The lowest BCUT2D eigenvalue weighted by atomic mass is 10.4. The maximum atomic E-state index is 7.35. The molecule has 0 radical (unpaired) electrons. The first-order valence-electron chi connectivity index (χ1n) is 19.2. The molecule has 0 aromatic heterocycles. The van der Waals surface area contributed by atoms with Crippen molar-refractivity contribution in [3.05, 3.63) is 0 Å². The summed E-state index contributed by atoms with van der Waals surface area (Å²) in [6, 6.07) is 7.21. The Hall–Kier alpha value is 1.24. The molecular formula is C32H78O7Si7. The minimum absolute atomic E-state index is 1.20. The predicted octanol–water partition coefficient (Wildman–Crippen LogP) is 12.1. The van der Waals surface area contributed by atoms with Crippen molar-refractivity contribution in [3.63, 3.8) is 0 Å². The van der Waals surface area contributed by atoms with Crippen LogP contribution >= 0.6 is 0 Å². The number of hydrogen-bond acceptors (Lipinski definition) is 7. The van der Waals surface area contributed by atoms with Crippen LogP contribution in [-0.4, -0.2) is 59.9 Å². The lowest BCUT2D eigenvalue weighted by molar-refractivity contribution is 0.202. The average Bonchev–Trinajstić information content (AvgIpc) is 2.92. The van der Waals surface area contributed by atoms with Gasteiger partial charge in [0.2, 0.25) is 0 Å². The van der Waals surface area contributed by atoms with Crippen molar-refractivity contribution in [2.24, 2.45) is 0 Å². The van der Waals surface area contributed by atoms with Gasteiger partial charge in [0.05, 0.1) is 0 Å². The van der Waals surface area contributed by atoms with Crippen LogP contribution < -0.4 is 0 Å². The largest absolute Gasteiger partial charge is 0.416 e. The molecule has 0 bridgehead atoms. The second kappa shape index (κ2) is 20.3. The molecular weight excluding hydrogens is 693 g/mol. The zero-order chi connectivity index (χ0) is 35.2. The molecule has 14 heteroatoms. The smallest absolute Gasteiger partial charge is 0.320 e. The van der Waals surface area contributed by atoms with Gasteiger partial charge in [-0.1, -0.05) is 119 Å². The van der Waals surface area contributed by atoms with Gasteiger partial charge in [-0.05, 0) is 88.6 Å². The van der Waals surface area contributed by atoms with E-state index in [1.165, 1.54) is 113 Å². The molecule has 0 spiro atoms. The molecule has 2 aliphatic heterocycles. The average molecular weight is 772 g/mol. The fraction of sp³-hybridized carbons (Fsp3) is 1.00. The maximum Gasteiger partial charge on any atom is 0.320 e. The zero-order valence-electron chi connectivity index (χ0n) is 33.1. The topological polar surface area (TPSA) is 64.6 Å². The van der Waals surface area contributed by atoms with Crippen LogP contribution in [0.4, 0.5) is 0 Å². The number of rotatable bonds is 18. The van der Waals surface area contributed by atoms with Crippen LogP contribution in [0.3, 0.4) is 0 Å². The Bertz CT molecular complexity index is 676. The van der Waals surface area contributed by atoms with Crippen LogP contribution in [-0.2, 0) is 28.8 Å². The highest BCUT2D eigenvalue weighted by Crippen LogP contribution is 2.45. The van der Waals surface area contributed by atoms with Gasteiger partial charge in [-0.25, -0.2) is 0 Å². The van der Waals surface area contributed by atoms with E-state index in [-0.39, 0.29) is 0 Å². The fourth-order valence-corrected chi connectivity index (χ4v) is 49.1. The van der Waals surface area contributed by atoms with E-state index in [4.69, 9.17) is 28.8 Å². The summed E-state index contributed by atoms with van der Waals surface area (Å²) in [7, 11) is -15.0. The van der Waals surface area contributed by atoms with Gasteiger partial charge in [-0.3, -0.25) is 0 Å². The first kappa shape index (κ1) is 45.3. The zero-order valence-corrected chi connectivity index (χ0v) is 40.1. The van der Waals surface area contributed by atoms with Gasteiger partial charge in [0.1, 0.15) is 0 Å². The van der Waals surface area contributed by atoms with Crippen LogP contribution in [0.15, 0.2) is 0 Å². The normalized spacial score (nSPS) is 23.9. The summed E-state index contributed by atoms with van der Waals surface area (Å²) in [5, 5.41) is 0. The SMILES string of the molecule is CCCC[Si]1(CCCC)O[Si](CCCC)(CCCC)O[Si](CCCC)(CCCC)O1.C[Si]1(C)O[Si](C)(C)O[Si](C)(C)O[Si](C)(C)O1. The summed E-state index contributed by atoms with van der Waals surface area (Å²) >= 11 is 0. The molecule has 2 aliphatic rings. The first-order valence-corrected chi connectivity index (χ1v) is 37.2. The van der Waals surface area contributed by atoms with Crippen molar-refractivity contribution < 1.29 is 28.8 Å². The van der Waals surface area contributed by atoms with Crippen LogP contribution in [0.2, 0.25) is 88.6 Å². The van der Waals surface area contributed by atoms with E-state index in [2.05, 4.69) is 93.9 Å². The molecule has 0 amide bonds. The molecule has 0 aromatic rings. The van der Waals surface area contributed by atoms with Crippen LogP contribution in [0, 0.1) is 0 Å². The Morgan fingerprint density at radius 3 is 0.543 bits per heavy atom. The molecule has 0 aliphatic carbocycles. The third-order valence-electron chi connectivity index (χ3n) is 8.55. The Kier molecular flexibility index (Phi) is 20.0. The van der Waals surface area contributed by atoms with Crippen molar-refractivity contribution in [2.75, 3.05) is 0 Å². The monoisotopic (exact) mass is 770 g/mol.